The number of pyridine rings is 1. The highest BCUT2D eigenvalue weighted by molar-refractivity contribution is 5.87. The molecule has 6 heteroatoms. The molecule has 2 aromatic carbocycles. The minimum absolute atomic E-state index is 0.00660. The molecule has 1 atom stereocenters. The van der Waals surface area contributed by atoms with Gasteiger partial charge in [-0.3, -0.25) is 14.5 Å². The molecular weight excluding hydrogens is 424 g/mol. The van der Waals surface area contributed by atoms with Crippen molar-refractivity contribution in [3.05, 3.63) is 87.0 Å². The molecule has 3 heterocycles. The van der Waals surface area contributed by atoms with Gasteiger partial charge in [0.2, 0.25) is 0 Å². The van der Waals surface area contributed by atoms with Crippen molar-refractivity contribution in [2.75, 3.05) is 5.32 Å². The van der Waals surface area contributed by atoms with Gasteiger partial charge in [0.15, 0.2) is 5.43 Å². The number of anilines is 1. The van der Waals surface area contributed by atoms with Crippen molar-refractivity contribution in [3.63, 3.8) is 0 Å². The lowest BCUT2D eigenvalue weighted by atomic mass is 9.98. The van der Waals surface area contributed by atoms with E-state index < -0.39 is 0 Å². The lowest BCUT2D eigenvalue weighted by Gasteiger charge is -2.20. The van der Waals surface area contributed by atoms with E-state index in [1.165, 1.54) is 0 Å². The summed E-state index contributed by atoms with van der Waals surface area (Å²) in [5.74, 6) is 0.591. The summed E-state index contributed by atoms with van der Waals surface area (Å²) in [6.45, 7) is 9.89. The molecule has 3 aromatic heterocycles. The predicted molar refractivity (Wildman–Crippen MR) is 137 cm³/mol. The zero-order chi connectivity index (χ0) is 24.1. The van der Waals surface area contributed by atoms with Gasteiger partial charge in [-0.05, 0) is 76.6 Å². The van der Waals surface area contributed by atoms with Crippen LogP contribution in [0, 0.1) is 27.7 Å². The molecule has 0 aliphatic rings. The molecular formula is C28H28N4O2. The zero-order valence-corrected chi connectivity index (χ0v) is 20.4. The lowest BCUT2D eigenvalue weighted by molar-refractivity contribution is 0.605. The van der Waals surface area contributed by atoms with E-state index in [1.54, 1.807) is 4.68 Å². The summed E-state index contributed by atoms with van der Waals surface area (Å²) >= 11 is 0. The molecule has 0 fully saturated rings. The third-order valence-corrected chi connectivity index (χ3v) is 6.34. The summed E-state index contributed by atoms with van der Waals surface area (Å²) in [7, 11) is 1.90. The Morgan fingerprint density at radius 1 is 1.03 bits per heavy atom. The molecule has 0 saturated heterocycles. The molecule has 5 rings (SSSR count). The van der Waals surface area contributed by atoms with E-state index in [4.69, 9.17) is 4.42 Å². The van der Waals surface area contributed by atoms with Crippen molar-refractivity contribution in [1.29, 1.82) is 0 Å². The van der Waals surface area contributed by atoms with Gasteiger partial charge in [-0.1, -0.05) is 6.07 Å². The first-order chi connectivity index (χ1) is 16.2. The first kappa shape index (κ1) is 21.9. The summed E-state index contributed by atoms with van der Waals surface area (Å²) in [5, 5.41) is 9.61. The van der Waals surface area contributed by atoms with Gasteiger partial charge < -0.3 is 9.73 Å². The summed E-state index contributed by atoms with van der Waals surface area (Å²) in [5.41, 5.74) is 7.82. The highest BCUT2D eigenvalue weighted by Gasteiger charge is 2.20. The molecule has 34 heavy (non-hydrogen) atoms. The van der Waals surface area contributed by atoms with Gasteiger partial charge >= 0.3 is 0 Å². The van der Waals surface area contributed by atoms with Crippen molar-refractivity contribution in [3.8, 4) is 11.3 Å². The standard InChI is InChI=1S/C28H28N4O2/c1-15-11-22(18(4)30-24-9-7-16(2)29-19(24)5)28-23(12-15)26(33)17(3)27(34-28)20-8-10-25-21(13-20)14-32(6)31-25/h7-14,18,30H,1-6H3/t18-/m1/s1. The molecule has 0 saturated carbocycles. The Labute approximate surface area is 198 Å². The van der Waals surface area contributed by atoms with E-state index in [1.807, 2.05) is 77.3 Å². The molecule has 172 valence electrons. The topological polar surface area (TPSA) is 73.0 Å². The number of nitrogens with one attached hydrogen (secondary N) is 1. The molecule has 0 unspecified atom stereocenters. The molecule has 0 radical (unpaired) electrons. The van der Waals surface area contributed by atoms with Crippen molar-refractivity contribution in [1.82, 2.24) is 14.8 Å². The highest BCUT2D eigenvalue weighted by atomic mass is 16.3. The Hall–Kier alpha value is -3.93. The number of fused-ring (bicyclic) bond motifs is 2. The number of hydrogen-bond donors (Lipinski definition) is 1. The molecule has 0 bridgehead atoms. The average molecular weight is 453 g/mol. The number of rotatable bonds is 4. The molecule has 0 aliphatic heterocycles. The minimum atomic E-state index is -0.0925. The van der Waals surface area contributed by atoms with Gasteiger partial charge in [0.1, 0.15) is 11.3 Å². The number of aryl methyl sites for hydroxylation is 4. The van der Waals surface area contributed by atoms with E-state index >= 15 is 0 Å². The van der Waals surface area contributed by atoms with Crippen LogP contribution in [0.1, 0.15) is 41.0 Å². The smallest absolute Gasteiger partial charge is 0.196 e. The number of benzene rings is 2. The number of aromatic nitrogens is 3. The van der Waals surface area contributed by atoms with E-state index in [-0.39, 0.29) is 11.5 Å². The van der Waals surface area contributed by atoms with Crippen LogP contribution in [0.2, 0.25) is 0 Å². The fourth-order valence-corrected chi connectivity index (χ4v) is 4.61. The van der Waals surface area contributed by atoms with Gasteiger partial charge in [-0.25, -0.2) is 0 Å². The van der Waals surface area contributed by atoms with Gasteiger partial charge in [0.25, 0.3) is 0 Å². The van der Waals surface area contributed by atoms with Crippen molar-refractivity contribution in [2.45, 2.75) is 40.7 Å². The van der Waals surface area contributed by atoms with E-state index in [2.05, 4.69) is 28.4 Å². The largest absolute Gasteiger partial charge is 0.455 e. The van der Waals surface area contributed by atoms with Crippen LogP contribution in [0.25, 0.3) is 33.2 Å². The average Bonchev–Trinajstić information content (AvgIpc) is 3.17. The normalized spacial score (nSPS) is 12.4. The van der Waals surface area contributed by atoms with Gasteiger partial charge in [0, 0.05) is 41.0 Å². The number of hydrogen-bond acceptors (Lipinski definition) is 5. The molecule has 6 nitrogen and oxygen atoms in total. The van der Waals surface area contributed by atoms with E-state index in [0.29, 0.717) is 22.3 Å². The Kier molecular flexibility index (Phi) is 5.24. The second kappa shape index (κ2) is 8.13. The van der Waals surface area contributed by atoms with Gasteiger partial charge in [-0.2, -0.15) is 5.10 Å². The molecule has 5 aromatic rings. The third kappa shape index (κ3) is 3.75. The monoisotopic (exact) mass is 452 g/mol. The van der Waals surface area contributed by atoms with Crippen LogP contribution < -0.4 is 10.7 Å². The van der Waals surface area contributed by atoms with Crippen LogP contribution in [-0.4, -0.2) is 14.8 Å². The molecule has 0 amide bonds. The first-order valence-electron chi connectivity index (χ1n) is 11.4. The summed E-state index contributed by atoms with van der Waals surface area (Å²) < 4.78 is 8.31. The first-order valence-corrected chi connectivity index (χ1v) is 11.4. The second-order valence-electron chi connectivity index (χ2n) is 9.14. The maximum atomic E-state index is 13.5. The Morgan fingerprint density at radius 2 is 1.82 bits per heavy atom. The predicted octanol–water partition coefficient (Wildman–Crippen LogP) is 6.15. The second-order valence-corrected chi connectivity index (χ2v) is 9.14. The SMILES string of the molecule is Cc1cc([C@@H](C)Nc2ccc(C)nc2C)c2oc(-c3ccc4nn(C)cc4c3)c(C)c(=O)c2c1. The van der Waals surface area contributed by atoms with E-state index in [9.17, 15) is 4.79 Å². The maximum absolute atomic E-state index is 13.5. The Bertz CT molecular complexity index is 1630. The number of nitrogens with zero attached hydrogens (tertiary/aromatic N) is 3. The van der Waals surface area contributed by atoms with Crippen LogP contribution >= 0.6 is 0 Å². The Morgan fingerprint density at radius 3 is 2.59 bits per heavy atom. The van der Waals surface area contributed by atoms with Crippen molar-refractivity contribution in [2.24, 2.45) is 7.05 Å². The zero-order valence-electron chi connectivity index (χ0n) is 20.4. The lowest BCUT2D eigenvalue weighted by Crippen LogP contribution is -2.13. The fraction of sp³-hybridized carbons (Fsp3) is 0.250. The van der Waals surface area contributed by atoms with Crippen molar-refractivity contribution >= 4 is 27.6 Å². The van der Waals surface area contributed by atoms with Crippen LogP contribution in [0.15, 0.2) is 57.9 Å². The summed E-state index contributed by atoms with van der Waals surface area (Å²) in [4.78, 5) is 18.0. The quantitative estimate of drug-likeness (QED) is 0.354. The van der Waals surface area contributed by atoms with Crippen LogP contribution in [0.4, 0.5) is 5.69 Å². The minimum Gasteiger partial charge on any atom is -0.455 e. The maximum Gasteiger partial charge on any atom is 0.196 e. The third-order valence-electron chi connectivity index (χ3n) is 6.34. The van der Waals surface area contributed by atoms with Crippen molar-refractivity contribution < 1.29 is 4.42 Å². The van der Waals surface area contributed by atoms with Gasteiger partial charge in [0.05, 0.1) is 28.3 Å². The highest BCUT2D eigenvalue weighted by Crippen LogP contribution is 2.33. The van der Waals surface area contributed by atoms with Crippen LogP contribution in [0.3, 0.4) is 0 Å². The van der Waals surface area contributed by atoms with Gasteiger partial charge in [-0.15, -0.1) is 0 Å². The fourth-order valence-electron chi connectivity index (χ4n) is 4.61. The molecule has 1 N–H and O–H groups in total. The van der Waals surface area contributed by atoms with Crippen LogP contribution in [-0.2, 0) is 7.05 Å². The van der Waals surface area contributed by atoms with Crippen LogP contribution in [0.5, 0.6) is 0 Å². The summed E-state index contributed by atoms with van der Waals surface area (Å²) in [6, 6.07) is 13.9. The Balaban J connectivity index is 1.67. The van der Waals surface area contributed by atoms with E-state index in [0.717, 1.165) is 44.7 Å². The summed E-state index contributed by atoms with van der Waals surface area (Å²) in [6.07, 6.45) is 1.96. The molecule has 0 aliphatic carbocycles. The molecule has 0 spiro atoms.